The van der Waals surface area contributed by atoms with E-state index < -0.39 is 0 Å². The van der Waals surface area contributed by atoms with Crippen molar-refractivity contribution in [2.75, 3.05) is 24.7 Å². The number of carbonyl (C=O) groups is 1. The Balaban J connectivity index is 1.74. The highest BCUT2D eigenvalue weighted by atomic mass is 32.2. The highest BCUT2D eigenvalue weighted by Gasteiger charge is 2.22. The lowest BCUT2D eigenvalue weighted by Gasteiger charge is -2.29. The topological polar surface area (TPSA) is 91.2 Å². The van der Waals surface area contributed by atoms with Gasteiger partial charge in [-0.3, -0.25) is 4.79 Å². The smallest absolute Gasteiger partial charge is 0.227 e. The van der Waals surface area contributed by atoms with Crippen molar-refractivity contribution < 1.29 is 9.53 Å². The predicted molar refractivity (Wildman–Crippen MR) is 103 cm³/mol. The summed E-state index contributed by atoms with van der Waals surface area (Å²) in [5.41, 5.74) is 1.40. The molecule has 2 N–H and O–H groups in total. The Morgan fingerprint density at radius 1 is 1.27 bits per heavy atom. The first kappa shape index (κ1) is 18.2. The van der Waals surface area contributed by atoms with Gasteiger partial charge in [-0.2, -0.15) is 0 Å². The third kappa shape index (κ3) is 4.32. The Morgan fingerprint density at radius 3 is 2.62 bits per heavy atom. The largest absolute Gasteiger partial charge is 0.474 e. The van der Waals surface area contributed by atoms with E-state index in [1.165, 1.54) is 17.4 Å². The Bertz CT molecular complexity index is 761. The van der Waals surface area contributed by atoms with E-state index in [9.17, 15) is 4.79 Å². The number of ether oxygens (including phenoxy) is 1. The number of hydrogen-bond acceptors (Lipinski definition) is 7. The summed E-state index contributed by atoms with van der Waals surface area (Å²) in [6, 6.07) is 7.99. The molecule has 3 rings (SSSR count). The van der Waals surface area contributed by atoms with Crippen LogP contribution in [0.1, 0.15) is 18.4 Å². The second-order valence-corrected chi connectivity index (χ2v) is 6.78. The van der Waals surface area contributed by atoms with Gasteiger partial charge in [-0.1, -0.05) is 0 Å². The van der Waals surface area contributed by atoms with Crippen molar-refractivity contribution in [3.8, 4) is 5.88 Å². The number of hydrogen-bond donors (Lipinski definition) is 2. The summed E-state index contributed by atoms with van der Waals surface area (Å²) in [6.45, 7) is 1.35. The van der Waals surface area contributed by atoms with Crippen LogP contribution in [-0.2, 0) is 4.79 Å². The third-order valence-corrected chi connectivity index (χ3v) is 4.99. The molecule has 1 fully saturated rings. The summed E-state index contributed by atoms with van der Waals surface area (Å²) in [5.74, 6) is 0.926. The first-order valence-corrected chi connectivity index (χ1v) is 9.58. The number of anilines is 2. The van der Waals surface area contributed by atoms with Gasteiger partial charge in [0.2, 0.25) is 12.3 Å². The summed E-state index contributed by atoms with van der Waals surface area (Å²) in [4.78, 5) is 22.2. The van der Waals surface area contributed by atoms with Crippen molar-refractivity contribution in [1.82, 2.24) is 14.9 Å². The van der Waals surface area contributed by atoms with Gasteiger partial charge in [0.05, 0.1) is 5.56 Å². The van der Waals surface area contributed by atoms with Crippen LogP contribution < -0.4 is 10.1 Å². The van der Waals surface area contributed by atoms with Gasteiger partial charge in [-0.05, 0) is 30.5 Å². The molecule has 1 saturated heterocycles. The lowest BCUT2D eigenvalue weighted by atomic mass is 10.1. The summed E-state index contributed by atoms with van der Waals surface area (Å²) in [6.07, 6.45) is 7.01. The summed E-state index contributed by atoms with van der Waals surface area (Å²) in [5, 5.41) is 11.0. The van der Waals surface area contributed by atoms with Gasteiger partial charge >= 0.3 is 0 Å². The molecule has 1 aromatic carbocycles. The van der Waals surface area contributed by atoms with Crippen molar-refractivity contribution in [2.24, 2.45) is 0 Å². The van der Waals surface area contributed by atoms with Crippen LogP contribution in [-0.4, -0.2) is 52.9 Å². The molecule has 2 aromatic rings. The van der Waals surface area contributed by atoms with Gasteiger partial charge in [0.15, 0.2) is 0 Å². The van der Waals surface area contributed by atoms with Crippen LogP contribution in [0.5, 0.6) is 5.88 Å². The quantitative estimate of drug-likeness (QED) is 0.442. The highest BCUT2D eigenvalue weighted by Crippen LogP contribution is 2.26. The molecule has 0 spiro atoms. The van der Waals surface area contributed by atoms with Crippen LogP contribution in [0.2, 0.25) is 0 Å². The molecule has 136 valence electrons. The molecule has 0 bridgehead atoms. The molecule has 0 aliphatic carbocycles. The standard InChI is InChI=1S/C18H21N5O2S/c1-26-15-4-2-13(3-5-15)22-17-16(10-19)18(21-11-20-17)25-14-6-8-23(12-24)9-7-14/h2-5,10-12,14,19H,6-9H2,1H3,(H,20,21,22). The third-order valence-electron chi connectivity index (χ3n) is 4.25. The lowest BCUT2D eigenvalue weighted by molar-refractivity contribution is -0.119. The molecule has 1 aliphatic rings. The van der Waals surface area contributed by atoms with Crippen molar-refractivity contribution in [3.05, 3.63) is 36.2 Å². The zero-order valence-corrected chi connectivity index (χ0v) is 15.3. The minimum Gasteiger partial charge on any atom is -0.474 e. The van der Waals surface area contributed by atoms with Gasteiger partial charge in [0.25, 0.3) is 0 Å². The van der Waals surface area contributed by atoms with E-state index >= 15 is 0 Å². The molecule has 0 saturated carbocycles. The maximum atomic E-state index is 10.8. The van der Waals surface area contributed by atoms with E-state index in [1.807, 2.05) is 30.5 Å². The Hall–Kier alpha value is -2.61. The van der Waals surface area contributed by atoms with Gasteiger partial charge < -0.3 is 20.4 Å². The van der Waals surface area contributed by atoms with Crippen molar-refractivity contribution in [1.29, 1.82) is 5.41 Å². The monoisotopic (exact) mass is 371 g/mol. The van der Waals surface area contributed by atoms with Crippen LogP contribution in [0.25, 0.3) is 0 Å². The Kier molecular flexibility index (Phi) is 6.06. The number of thioether (sulfide) groups is 1. The molecule has 7 nitrogen and oxygen atoms in total. The number of nitrogens with zero attached hydrogens (tertiary/aromatic N) is 3. The lowest BCUT2D eigenvalue weighted by Crippen LogP contribution is -2.37. The maximum Gasteiger partial charge on any atom is 0.227 e. The minimum absolute atomic E-state index is 0.0199. The number of carbonyl (C=O) groups excluding carboxylic acids is 1. The molecule has 8 heteroatoms. The van der Waals surface area contributed by atoms with Crippen molar-refractivity contribution in [2.45, 2.75) is 23.8 Å². The van der Waals surface area contributed by atoms with Gasteiger partial charge in [0, 0.05) is 42.7 Å². The van der Waals surface area contributed by atoms with Gasteiger partial charge in [-0.15, -0.1) is 11.8 Å². The molecule has 1 aromatic heterocycles. The number of benzene rings is 1. The molecule has 1 amide bonds. The van der Waals surface area contributed by atoms with Gasteiger partial charge in [-0.25, -0.2) is 9.97 Å². The predicted octanol–water partition coefficient (Wildman–Crippen LogP) is 2.94. The Labute approximate surface area is 156 Å². The fourth-order valence-corrected chi connectivity index (χ4v) is 3.18. The summed E-state index contributed by atoms with van der Waals surface area (Å²) in [7, 11) is 0. The molecule has 1 aliphatic heterocycles. The zero-order chi connectivity index (χ0) is 18.4. The fourth-order valence-electron chi connectivity index (χ4n) is 2.77. The van der Waals surface area contributed by atoms with Crippen LogP contribution in [0.3, 0.4) is 0 Å². The Morgan fingerprint density at radius 2 is 2.00 bits per heavy atom. The summed E-state index contributed by atoms with van der Waals surface area (Å²) >= 11 is 1.68. The molecule has 26 heavy (non-hydrogen) atoms. The number of aromatic nitrogens is 2. The molecule has 0 radical (unpaired) electrons. The van der Waals surface area contributed by atoms with Gasteiger partial charge in [0.1, 0.15) is 18.2 Å². The van der Waals surface area contributed by atoms with E-state index in [4.69, 9.17) is 10.1 Å². The van der Waals surface area contributed by atoms with Crippen molar-refractivity contribution >= 4 is 35.9 Å². The number of nitrogens with one attached hydrogen (secondary N) is 2. The number of amides is 1. The van der Waals surface area contributed by atoms with Crippen LogP contribution in [0.15, 0.2) is 35.5 Å². The van der Waals surface area contributed by atoms with Crippen LogP contribution in [0.4, 0.5) is 11.5 Å². The molecule has 0 unspecified atom stereocenters. The SMILES string of the molecule is CSc1ccc(Nc2ncnc(OC3CCN(C=O)CC3)c2C=N)cc1. The maximum absolute atomic E-state index is 10.8. The average molecular weight is 371 g/mol. The van der Waals surface area contributed by atoms with E-state index in [0.717, 1.165) is 24.9 Å². The second-order valence-electron chi connectivity index (χ2n) is 5.90. The molecule has 0 atom stereocenters. The zero-order valence-electron chi connectivity index (χ0n) is 14.5. The first-order valence-electron chi connectivity index (χ1n) is 8.36. The normalized spacial score (nSPS) is 14.7. The van der Waals surface area contributed by atoms with E-state index in [-0.39, 0.29) is 6.10 Å². The molecular weight excluding hydrogens is 350 g/mol. The highest BCUT2D eigenvalue weighted by molar-refractivity contribution is 7.98. The fraction of sp³-hybridized carbons (Fsp3) is 0.333. The average Bonchev–Trinajstić information content (AvgIpc) is 2.69. The van der Waals surface area contributed by atoms with E-state index in [1.54, 1.807) is 16.7 Å². The minimum atomic E-state index is -0.0199. The van der Waals surface area contributed by atoms with Crippen LogP contribution >= 0.6 is 11.8 Å². The first-order chi connectivity index (χ1) is 12.7. The summed E-state index contributed by atoms with van der Waals surface area (Å²) < 4.78 is 6.00. The molecular formula is C18H21N5O2S. The van der Waals surface area contributed by atoms with E-state index in [2.05, 4.69) is 15.3 Å². The number of piperidine rings is 1. The van der Waals surface area contributed by atoms with Crippen molar-refractivity contribution in [3.63, 3.8) is 0 Å². The second kappa shape index (κ2) is 8.66. The molecule has 2 heterocycles. The van der Waals surface area contributed by atoms with E-state index in [0.29, 0.717) is 30.4 Å². The number of rotatable bonds is 7. The van der Waals surface area contributed by atoms with Crippen LogP contribution in [0, 0.1) is 5.41 Å². The number of likely N-dealkylation sites (tertiary alicyclic amines) is 1.